The predicted molar refractivity (Wildman–Crippen MR) is 118 cm³/mol. The summed E-state index contributed by atoms with van der Waals surface area (Å²) < 4.78 is 28.7. The quantitative estimate of drug-likeness (QED) is 0.514. The van der Waals surface area contributed by atoms with Gasteiger partial charge in [-0.3, -0.25) is 4.90 Å². The van der Waals surface area contributed by atoms with Crippen LogP contribution in [0.25, 0.3) is 0 Å². The van der Waals surface area contributed by atoms with Crippen LogP contribution in [0.5, 0.6) is 0 Å². The Morgan fingerprint density at radius 1 is 0.862 bits per heavy atom. The van der Waals surface area contributed by atoms with Gasteiger partial charge in [-0.1, -0.05) is 52.3 Å². The lowest BCUT2D eigenvalue weighted by Gasteiger charge is -2.37. The molecule has 0 saturated carbocycles. The van der Waals surface area contributed by atoms with Crippen LogP contribution in [0.3, 0.4) is 0 Å². The summed E-state index contributed by atoms with van der Waals surface area (Å²) in [5.41, 5.74) is 3.35. The molecule has 2 amide bonds. The Kier molecular flexibility index (Phi) is 4.96. The Morgan fingerprint density at radius 3 is 2.24 bits per heavy atom. The van der Waals surface area contributed by atoms with Crippen LogP contribution < -0.4 is 9.21 Å². The maximum atomic E-state index is 13.5. The third-order valence-corrected chi connectivity index (χ3v) is 7.39. The number of urea groups is 1. The molecule has 0 aliphatic carbocycles. The molecular weight excluding hydrogens is 452 g/mol. The molecule has 0 radical (unpaired) electrons. The van der Waals surface area contributed by atoms with Crippen molar-refractivity contribution in [3.05, 3.63) is 87.9 Å². The monoisotopic (exact) mass is 470 g/mol. The van der Waals surface area contributed by atoms with Gasteiger partial charge in [-0.2, -0.15) is 4.31 Å². The lowest BCUT2D eigenvalue weighted by molar-refractivity contribution is 0.253. The van der Waals surface area contributed by atoms with Crippen LogP contribution in [-0.2, 0) is 16.6 Å². The van der Waals surface area contributed by atoms with Crippen LogP contribution in [0.15, 0.2) is 76.1 Å². The number of anilines is 2. The van der Waals surface area contributed by atoms with Crippen molar-refractivity contribution in [2.45, 2.75) is 25.3 Å². The van der Waals surface area contributed by atoms with Crippen LogP contribution in [0.4, 0.5) is 16.2 Å². The minimum absolute atomic E-state index is 0.123. The molecule has 7 heteroatoms. The fourth-order valence-corrected chi connectivity index (χ4v) is 5.34. The van der Waals surface area contributed by atoms with E-state index >= 15 is 0 Å². The van der Waals surface area contributed by atoms with Gasteiger partial charge in [0.15, 0.2) is 0 Å². The highest BCUT2D eigenvalue weighted by Gasteiger charge is 2.42. The summed E-state index contributed by atoms with van der Waals surface area (Å²) in [5, 5.41) is 0. The molecule has 0 spiro atoms. The number of halogens is 1. The Labute approximate surface area is 178 Å². The van der Waals surface area contributed by atoms with Crippen molar-refractivity contribution < 1.29 is 13.2 Å². The summed E-state index contributed by atoms with van der Waals surface area (Å²) in [6.07, 6.45) is 0. The molecular formula is C22H19BrN2O3S. The number of hydrogen-bond donors (Lipinski definition) is 0. The number of carbonyl (C=O) groups excluding carboxylic acids is 1. The normalized spacial score (nSPS) is 15.3. The highest BCUT2D eigenvalue weighted by molar-refractivity contribution is 9.10. The van der Waals surface area contributed by atoms with Crippen molar-refractivity contribution in [3.63, 3.8) is 0 Å². The number of amides is 2. The number of nitrogens with zero attached hydrogens (tertiary/aromatic N) is 2. The lowest BCUT2D eigenvalue weighted by Crippen LogP contribution is -2.51. The van der Waals surface area contributed by atoms with Crippen molar-refractivity contribution >= 4 is 43.4 Å². The van der Waals surface area contributed by atoms with Gasteiger partial charge in [-0.25, -0.2) is 13.2 Å². The second-order valence-electron chi connectivity index (χ2n) is 6.95. The average Bonchev–Trinajstić information content (AvgIpc) is 2.70. The molecule has 0 N–H and O–H groups in total. The van der Waals surface area contributed by atoms with Crippen molar-refractivity contribution in [1.82, 2.24) is 0 Å². The zero-order valence-electron chi connectivity index (χ0n) is 16.0. The molecule has 3 aromatic carbocycles. The molecule has 0 saturated heterocycles. The Hall–Kier alpha value is -2.64. The molecule has 0 fully saturated rings. The number of sulfonamides is 1. The number of rotatable bonds is 3. The second-order valence-corrected chi connectivity index (χ2v) is 9.62. The van der Waals surface area contributed by atoms with Gasteiger partial charge in [-0.05, 0) is 60.9 Å². The van der Waals surface area contributed by atoms with E-state index in [1.807, 2.05) is 44.2 Å². The lowest BCUT2D eigenvalue weighted by atomic mass is 10.1. The molecule has 1 heterocycles. The zero-order valence-corrected chi connectivity index (χ0v) is 18.4. The minimum atomic E-state index is -4.02. The van der Waals surface area contributed by atoms with Gasteiger partial charge in [0.05, 0.1) is 17.9 Å². The highest BCUT2D eigenvalue weighted by atomic mass is 79.9. The van der Waals surface area contributed by atoms with E-state index in [0.29, 0.717) is 11.4 Å². The summed E-state index contributed by atoms with van der Waals surface area (Å²) in [6.45, 7) is 3.99. The highest BCUT2D eigenvalue weighted by Crippen LogP contribution is 2.39. The zero-order chi connectivity index (χ0) is 20.8. The van der Waals surface area contributed by atoms with Gasteiger partial charge in [0, 0.05) is 4.47 Å². The van der Waals surface area contributed by atoms with E-state index in [9.17, 15) is 13.2 Å². The fourth-order valence-electron chi connectivity index (χ4n) is 3.43. The maximum absolute atomic E-state index is 13.5. The van der Waals surface area contributed by atoms with E-state index in [1.54, 1.807) is 36.4 Å². The molecule has 0 unspecified atom stereocenters. The number of benzene rings is 3. The van der Waals surface area contributed by atoms with E-state index in [0.717, 1.165) is 25.5 Å². The molecule has 29 heavy (non-hydrogen) atoms. The Morgan fingerprint density at radius 2 is 1.52 bits per heavy atom. The summed E-state index contributed by atoms with van der Waals surface area (Å²) in [4.78, 5) is 15.1. The standard InChI is InChI=1S/C22H19BrN2O3S/c1-15-6-5-8-19(16(15)2)25-22(26)24(14-17-10-12-18(23)13-11-17)20-7-3-4-9-21(20)29(25,27)28/h3-13H,14H2,1-2H3. The molecule has 0 atom stereocenters. The van der Waals surface area contributed by atoms with Crippen LogP contribution in [0.2, 0.25) is 0 Å². The molecule has 5 nitrogen and oxygen atoms in total. The topological polar surface area (TPSA) is 57.7 Å². The van der Waals surface area contributed by atoms with Gasteiger partial charge < -0.3 is 0 Å². The van der Waals surface area contributed by atoms with E-state index in [4.69, 9.17) is 0 Å². The SMILES string of the molecule is Cc1cccc(N2C(=O)N(Cc3ccc(Br)cc3)c3ccccc3S2(=O)=O)c1C. The van der Waals surface area contributed by atoms with Crippen LogP contribution in [-0.4, -0.2) is 14.4 Å². The summed E-state index contributed by atoms with van der Waals surface area (Å²) >= 11 is 3.41. The van der Waals surface area contributed by atoms with E-state index < -0.39 is 16.1 Å². The molecule has 148 valence electrons. The smallest absolute Gasteiger partial charge is 0.287 e. The first-order valence-corrected chi connectivity index (χ1v) is 11.3. The molecule has 3 aromatic rings. The number of hydrogen-bond acceptors (Lipinski definition) is 3. The average molecular weight is 471 g/mol. The summed E-state index contributed by atoms with van der Waals surface area (Å²) in [6, 6.07) is 19.0. The van der Waals surface area contributed by atoms with Gasteiger partial charge in [-0.15, -0.1) is 0 Å². The van der Waals surface area contributed by atoms with Crippen molar-refractivity contribution in [2.24, 2.45) is 0 Å². The fraction of sp³-hybridized carbons (Fsp3) is 0.136. The summed E-state index contributed by atoms with van der Waals surface area (Å²) in [7, 11) is -4.02. The Bertz CT molecular complexity index is 1210. The second kappa shape index (κ2) is 7.31. The summed E-state index contributed by atoms with van der Waals surface area (Å²) in [5.74, 6) is 0. The first-order valence-electron chi connectivity index (χ1n) is 9.07. The van der Waals surface area contributed by atoms with Crippen molar-refractivity contribution in [3.8, 4) is 0 Å². The van der Waals surface area contributed by atoms with Gasteiger partial charge in [0.1, 0.15) is 4.90 Å². The van der Waals surface area contributed by atoms with E-state index in [-0.39, 0.29) is 11.4 Å². The van der Waals surface area contributed by atoms with E-state index in [2.05, 4.69) is 15.9 Å². The van der Waals surface area contributed by atoms with Gasteiger partial charge in [0.25, 0.3) is 10.0 Å². The largest absolute Gasteiger partial charge is 0.343 e. The third-order valence-electron chi connectivity index (χ3n) is 5.13. The van der Waals surface area contributed by atoms with Gasteiger partial charge in [0.2, 0.25) is 0 Å². The third kappa shape index (κ3) is 3.34. The first kappa shape index (κ1) is 19.7. The molecule has 1 aliphatic rings. The number of aryl methyl sites for hydroxylation is 1. The number of carbonyl (C=O) groups is 1. The van der Waals surface area contributed by atoms with E-state index in [1.165, 1.54) is 4.90 Å². The van der Waals surface area contributed by atoms with Crippen LogP contribution in [0, 0.1) is 13.8 Å². The minimum Gasteiger partial charge on any atom is -0.287 e. The molecule has 1 aliphatic heterocycles. The molecule has 0 aromatic heterocycles. The van der Waals surface area contributed by atoms with Gasteiger partial charge >= 0.3 is 6.03 Å². The predicted octanol–water partition coefficient (Wildman–Crippen LogP) is 5.40. The number of fused-ring (bicyclic) bond motifs is 1. The van der Waals surface area contributed by atoms with Crippen LogP contribution >= 0.6 is 15.9 Å². The first-order chi connectivity index (χ1) is 13.8. The van der Waals surface area contributed by atoms with Crippen molar-refractivity contribution in [1.29, 1.82) is 0 Å². The van der Waals surface area contributed by atoms with Crippen LogP contribution in [0.1, 0.15) is 16.7 Å². The Balaban J connectivity index is 1.89. The number of para-hydroxylation sites is 1. The van der Waals surface area contributed by atoms with Crippen molar-refractivity contribution in [2.75, 3.05) is 9.21 Å². The molecule has 0 bridgehead atoms. The molecule has 4 rings (SSSR count). The maximum Gasteiger partial charge on any atom is 0.343 e.